The van der Waals surface area contributed by atoms with Gasteiger partial charge in [0, 0.05) is 26.9 Å². The van der Waals surface area contributed by atoms with Crippen molar-refractivity contribution in [1.29, 1.82) is 0 Å². The van der Waals surface area contributed by atoms with E-state index < -0.39 is 0 Å². The summed E-state index contributed by atoms with van der Waals surface area (Å²) >= 11 is 7.38. The van der Waals surface area contributed by atoms with Gasteiger partial charge in [-0.05, 0) is 48.0 Å². The van der Waals surface area contributed by atoms with E-state index in [9.17, 15) is 9.59 Å². The quantitative estimate of drug-likeness (QED) is 0.658. The highest BCUT2D eigenvalue weighted by molar-refractivity contribution is 7.99. The van der Waals surface area contributed by atoms with E-state index in [2.05, 4.69) is 10.6 Å². The number of carbonyl (C=O) groups is 2. The van der Waals surface area contributed by atoms with Gasteiger partial charge in [-0.25, -0.2) is 0 Å². The molecule has 0 saturated heterocycles. The van der Waals surface area contributed by atoms with Crippen LogP contribution >= 0.6 is 23.4 Å². The lowest BCUT2D eigenvalue weighted by Gasteiger charge is -2.10. The van der Waals surface area contributed by atoms with Crippen LogP contribution in [0.5, 0.6) is 0 Å². The molecule has 0 fully saturated rings. The highest BCUT2D eigenvalue weighted by Crippen LogP contribution is 2.38. The minimum atomic E-state index is -0.200. The molecule has 4 nitrogen and oxygen atoms in total. The van der Waals surface area contributed by atoms with Crippen LogP contribution in [-0.2, 0) is 6.54 Å². The summed E-state index contributed by atoms with van der Waals surface area (Å²) in [5, 5.41) is 6.44. The summed E-state index contributed by atoms with van der Waals surface area (Å²) in [6, 6.07) is 20.1. The van der Waals surface area contributed by atoms with Gasteiger partial charge >= 0.3 is 0 Å². The SMILES string of the molecule is O=C(NCc1ccc(Cl)cc1)c1ccc2c(c1)NC(=O)c1ccccc1S2. The van der Waals surface area contributed by atoms with Gasteiger partial charge < -0.3 is 10.6 Å². The zero-order chi connectivity index (χ0) is 18.8. The second-order valence-corrected chi connectivity index (χ2v) is 7.59. The van der Waals surface area contributed by atoms with E-state index >= 15 is 0 Å². The minimum absolute atomic E-state index is 0.171. The van der Waals surface area contributed by atoms with Gasteiger partial charge in [-0.3, -0.25) is 9.59 Å². The number of halogens is 1. The Kier molecular flexibility index (Phi) is 4.88. The lowest BCUT2D eigenvalue weighted by Crippen LogP contribution is -2.23. The lowest BCUT2D eigenvalue weighted by molar-refractivity contribution is 0.0949. The van der Waals surface area contributed by atoms with Crippen molar-refractivity contribution >= 4 is 40.9 Å². The van der Waals surface area contributed by atoms with Crippen molar-refractivity contribution in [3.63, 3.8) is 0 Å². The summed E-state index contributed by atoms with van der Waals surface area (Å²) in [6.45, 7) is 0.402. The predicted octanol–water partition coefficient (Wildman–Crippen LogP) is 4.99. The van der Waals surface area contributed by atoms with E-state index in [1.807, 2.05) is 36.4 Å². The summed E-state index contributed by atoms with van der Waals surface area (Å²) in [6.07, 6.45) is 0. The van der Waals surface area contributed by atoms with Crippen molar-refractivity contribution in [2.45, 2.75) is 16.3 Å². The first kappa shape index (κ1) is 17.6. The predicted molar refractivity (Wildman–Crippen MR) is 108 cm³/mol. The van der Waals surface area contributed by atoms with Crippen molar-refractivity contribution in [2.24, 2.45) is 0 Å². The normalized spacial score (nSPS) is 12.4. The second-order valence-electron chi connectivity index (χ2n) is 6.07. The molecule has 27 heavy (non-hydrogen) atoms. The number of nitrogens with one attached hydrogen (secondary N) is 2. The Morgan fingerprint density at radius 1 is 1.00 bits per heavy atom. The van der Waals surface area contributed by atoms with Crippen molar-refractivity contribution < 1.29 is 9.59 Å². The fourth-order valence-electron chi connectivity index (χ4n) is 2.80. The van der Waals surface area contributed by atoms with Crippen molar-refractivity contribution in [3.8, 4) is 0 Å². The van der Waals surface area contributed by atoms with Gasteiger partial charge in [-0.2, -0.15) is 0 Å². The summed E-state index contributed by atoms with van der Waals surface area (Å²) in [5.74, 6) is -0.371. The van der Waals surface area contributed by atoms with Gasteiger partial charge in [0.2, 0.25) is 0 Å². The van der Waals surface area contributed by atoms with Crippen molar-refractivity contribution in [3.05, 3.63) is 88.4 Å². The van der Waals surface area contributed by atoms with Crippen LogP contribution in [0.25, 0.3) is 0 Å². The molecule has 3 aromatic carbocycles. The molecule has 2 amide bonds. The maximum Gasteiger partial charge on any atom is 0.256 e. The summed E-state index contributed by atoms with van der Waals surface area (Å²) in [4.78, 5) is 26.8. The number of hydrogen-bond acceptors (Lipinski definition) is 3. The number of hydrogen-bond donors (Lipinski definition) is 2. The molecule has 0 saturated carbocycles. The third-order valence-electron chi connectivity index (χ3n) is 4.21. The highest BCUT2D eigenvalue weighted by Gasteiger charge is 2.20. The van der Waals surface area contributed by atoms with E-state index in [0.717, 1.165) is 15.4 Å². The van der Waals surface area contributed by atoms with Gasteiger partial charge in [-0.1, -0.05) is 47.6 Å². The third-order valence-corrected chi connectivity index (χ3v) is 5.61. The van der Waals surface area contributed by atoms with Crippen molar-refractivity contribution in [1.82, 2.24) is 5.32 Å². The first-order valence-electron chi connectivity index (χ1n) is 8.35. The standard InChI is InChI=1S/C21H15ClN2O2S/c22-15-8-5-13(6-9-15)12-23-20(25)14-7-10-19-17(11-14)24-21(26)16-3-1-2-4-18(16)27-19/h1-11H,12H2,(H,23,25)(H,24,26). The van der Waals surface area contributed by atoms with Gasteiger partial charge in [0.1, 0.15) is 0 Å². The molecule has 0 radical (unpaired) electrons. The van der Waals surface area contributed by atoms with E-state index in [4.69, 9.17) is 11.6 Å². The second kappa shape index (κ2) is 7.47. The van der Waals surface area contributed by atoms with Crippen LogP contribution in [0.4, 0.5) is 5.69 Å². The van der Waals surface area contributed by atoms with Crippen LogP contribution in [0.15, 0.2) is 76.5 Å². The van der Waals surface area contributed by atoms with Gasteiger partial charge in [0.25, 0.3) is 11.8 Å². The van der Waals surface area contributed by atoms with E-state index in [1.54, 1.807) is 30.3 Å². The number of fused-ring (bicyclic) bond motifs is 2. The average molecular weight is 395 g/mol. The number of amides is 2. The molecule has 0 unspecified atom stereocenters. The summed E-state index contributed by atoms with van der Waals surface area (Å²) < 4.78 is 0. The Hall–Kier alpha value is -2.76. The Morgan fingerprint density at radius 2 is 1.78 bits per heavy atom. The Bertz CT molecular complexity index is 1030. The number of benzene rings is 3. The van der Waals surface area contributed by atoms with Crippen molar-refractivity contribution in [2.75, 3.05) is 5.32 Å². The van der Waals surface area contributed by atoms with E-state index in [0.29, 0.717) is 28.4 Å². The van der Waals surface area contributed by atoms with Gasteiger partial charge in [0.05, 0.1) is 11.3 Å². The smallest absolute Gasteiger partial charge is 0.256 e. The number of carbonyl (C=O) groups excluding carboxylic acids is 2. The third kappa shape index (κ3) is 3.84. The lowest BCUT2D eigenvalue weighted by atomic mass is 10.1. The summed E-state index contributed by atoms with van der Waals surface area (Å²) in [5.41, 5.74) is 2.73. The maximum absolute atomic E-state index is 12.5. The maximum atomic E-state index is 12.5. The molecule has 1 aliphatic rings. The van der Waals surface area contributed by atoms with Gasteiger partial charge in [0.15, 0.2) is 0 Å². The number of rotatable bonds is 3. The average Bonchev–Trinajstić information content (AvgIpc) is 2.82. The zero-order valence-electron chi connectivity index (χ0n) is 14.2. The fraction of sp³-hybridized carbons (Fsp3) is 0.0476. The first-order chi connectivity index (χ1) is 13.1. The molecule has 134 valence electrons. The number of anilines is 1. The molecule has 0 atom stereocenters. The summed E-state index contributed by atoms with van der Waals surface area (Å²) in [7, 11) is 0. The highest BCUT2D eigenvalue weighted by atomic mass is 35.5. The molecule has 6 heteroatoms. The van der Waals surface area contributed by atoms with E-state index in [-0.39, 0.29) is 11.8 Å². The molecule has 0 bridgehead atoms. The van der Waals surface area contributed by atoms with Crippen LogP contribution in [0.2, 0.25) is 5.02 Å². The molecule has 0 spiro atoms. The zero-order valence-corrected chi connectivity index (χ0v) is 15.7. The topological polar surface area (TPSA) is 58.2 Å². The molecule has 4 rings (SSSR count). The Morgan fingerprint density at radius 3 is 2.59 bits per heavy atom. The Labute approximate surface area is 165 Å². The molecule has 0 aromatic heterocycles. The molecular weight excluding hydrogens is 380 g/mol. The van der Waals surface area contributed by atoms with E-state index in [1.165, 1.54) is 11.8 Å². The minimum Gasteiger partial charge on any atom is -0.348 e. The molecular formula is C21H15ClN2O2S. The van der Waals surface area contributed by atoms with Gasteiger partial charge in [-0.15, -0.1) is 0 Å². The van der Waals surface area contributed by atoms with Crippen LogP contribution in [0.1, 0.15) is 26.3 Å². The molecule has 3 aromatic rings. The monoisotopic (exact) mass is 394 g/mol. The molecule has 2 N–H and O–H groups in total. The van der Waals surface area contributed by atoms with Crippen LogP contribution in [0.3, 0.4) is 0 Å². The molecule has 1 heterocycles. The molecule has 0 aliphatic carbocycles. The first-order valence-corrected chi connectivity index (χ1v) is 9.54. The van der Waals surface area contributed by atoms with Crippen LogP contribution < -0.4 is 10.6 Å². The fourth-order valence-corrected chi connectivity index (χ4v) is 3.93. The van der Waals surface area contributed by atoms with Crippen LogP contribution in [0, 0.1) is 0 Å². The Balaban J connectivity index is 1.53. The largest absolute Gasteiger partial charge is 0.348 e. The molecule has 1 aliphatic heterocycles. The van der Waals surface area contributed by atoms with Crippen LogP contribution in [-0.4, -0.2) is 11.8 Å².